The molecule has 0 fully saturated rings. The second kappa shape index (κ2) is 12.2. The van der Waals surface area contributed by atoms with Gasteiger partial charge in [0.2, 0.25) is 0 Å². The molecule has 12 nitrogen and oxygen atoms in total. The summed E-state index contributed by atoms with van der Waals surface area (Å²) in [5.41, 5.74) is 0.499. The van der Waals surface area contributed by atoms with Crippen LogP contribution in [0.15, 0.2) is 36.4 Å². The van der Waals surface area contributed by atoms with Crippen LogP contribution in [0.1, 0.15) is 38.8 Å². The Morgan fingerprint density at radius 1 is 0.667 bits per heavy atom. The van der Waals surface area contributed by atoms with Crippen LogP contribution in [0.2, 0.25) is 0 Å². The minimum absolute atomic E-state index is 0.106. The molecule has 0 unspecified atom stereocenters. The Kier molecular flexibility index (Phi) is 9.39. The molecule has 0 saturated heterocycles. The predicted octanol–water partition coefficient (Wildman–Crippen LogP) is 0.737. The third-order valence-electron chi connectivity index (χ3n) is 4.49. The molecular weight excluding hydrogens is 436 g/mol. The Morgan fingerprint density at radius 2 is 1.06 bits per heavy atom. The van der Waals surface area contributed by atoms with Gasteiger partial charge in [0.05, 0.1) is 24.5 Å². The van der Waals surface area contributed by atoms with Crippen LogP contribution in [0.5, 0.6) is 0 Å². The maximum Gasteiger partial charge on any atom is 0.354 e. The van der Waals surface area contributed by atoms with E-state index < -0.39 is 23.9 Å². The van der Waals surface area contributed by atoms with Gasteiger partial charge in [-0.1, -0.05) is 12.1 Å². The monoisotopic (exact) mass is 460 g/mol. The lowest BCUT2D eigenvalue weighted by Gasteiger charge is -2.23. The second-order valence-electron chi connectivity index (χ2n) is 7.20. The number of hydrogen-bond acceptors (Lipinski definition) is 8. The number of rotatable bonds is 14. The van der Waals surface area contributed by atoms with Gasteiger partial charge in [-0.2, -0.15) is 0 Å². The second-order valence-corrected chi connectivity index (χ2v) is 7.20. The zero-order valence-electron chi connectivity index (χ0n) is 17.6. The Bertz CT molecular complexity index is 934. The van der Waals surface area contributed by atoms with Crippen molar-refractivity contribution in [3.8, 4) is 0 Å². The van der Waals surface area contributed by atoms with Crippen LogP contribution in [0.4, 0.5) is 0 Å². The fraction of sp³-hybridized carbons (Fsp3) is 0.333. The van der Waals surface area contributed by atoms with Crippen LogP contribution >= 0.6 is 0 Å². The van der Waals surface area contributed by atoms with Crippen molar-refractivity contribution in [2.45, 2.75) is 19.5 Å². The highest BCUT2D eigenvalue weighted by Crippen LogP contribution is 2.08. The molecule has 0 radical (unpaired) electrons. The van der Waals surface area contributed by atoms with Crippen LogP contribution in [0.25, 0.3) is 0 Å². The van der Waals surface area contributed by atoms with E-state index in [-0.39, 0.29) is 50.7 Å². The number of nitrogens with zero attached hydrogens (tertiary/aromatic N) is 4. The molecule has 33 heavy (non-hydrogen) atoms. The number of aromatic nitrogens is 2. The highest BCUT2D eigenvalue weighted by Gasteiger charge is 2.16. The van der Waals surface area contributed by atoms with E-state index in [0.29, 0.717) is 17.8 Å². The zero-order chi connectivity index (χ0) is 24.4. The van der Waals surface area contributed by atoms with E-state index in [1.807, 2.05) is 0 Å². The Morgan fingerprint density at radius 3 is 1.39 bits per heavy atom. The maximum absolute atomic E-state index is 11.2. The van der Waals surface area contributed by atoms with Crippen molar-refractivity contribution in [2.75, 3.05) is 26.2 Å². The third-order valence-corrected chi connectivity index (χ3v) is 4.49. The van der Waals surface area contributed by atoms with Gasteiger partial charge in [0.15, 0.2) is 0 Å². The summed E-state index contributed by atoms with van der Waals surface area (Å²) < 4.78 is 0. The van der Waals surface area contributed by atoms with E-state index in [9.17, 15) is 29.4 Å². The van der Waals surface area contributed by atoms with Gasteiger partial charge >= 0.3 is 23.9 Å². The maximum atomic E-state index is 11.2. The Balaban J connectivity index is 2.03. The molecule has 2 aromatic heterocycles. The number of pyridine rings is 2. The van der Waals surface area contributed by atoms with Crippen molar-refractivity contribution in [1.82, 2.24) is 19.8 Å². The molecule has 4 N–H and O–H groups in total. The summed E-state index contributed by atoms with van der Waals surface area (Å²) in [6, 6.07) is 8.92. The summed E-state index contributed by atoms with van der Waals surface area (Å²) >= 11 is 0. The molecule has 0 aromatic carbocycles. The molecular formula is C21H24N4O8. The molecule has 0 amide bonds. The SMILES string of the molecule is O=C(O)CN(CCCN(CC(=O)O)Cc1cccc(C(=O)O)n1)Cc1cccc(C(=O)O)n1. The number of aliphatic carboxylic acids is 2. The van der Waals surface area contributed by atoms with Crippen LogP contribution in [0.3, 0.4) is 0 Å². The van der Waals surface area contributed by atoms with Gasteiger partial charge in [0.25, 0.3) is 0 Å². The number of carbonyl (C=O) groups is 4. The smallest absolute Gasteiger partial charge is 0.354 e. The topological polar surface area (TPSA) is 181 Å². The summed E-state index contributed by atoms with van der Waals surface area (Å²) in [7, 11) is 0. The van der Waals surface area contributed by atoms with E-state index in [0.717, 1.165) is 0 Å². The third kappa shape index (κ3) is 9.01. The van der Waals surface area contributed by atoms with Crippen molar-refractivity contribution in [3.63, 3.8) is 0 Å². The van der Waals surface area contributed by atoms with Gasteiger partial charge < -0.3 is 20.4 Å². The van der Waals surface area contributed by atoms with Gasteiger partial charge in [0, 0.05) is 26.2 Å². The fourth-order valence-electron chi connectivity index (χ4n) is 3.16. The average Bonchev–Trinajstić information content (AvgIpc) is 2.73. The van der Waals surface area contributed by atoms with Crippen molar-refractivity contribution in [3.05, 3.63) is 59.2 Å². The summed E-state index contributed by atoms with van der Waals surface area (Å²) in [6.07, 6.45) is 0.401. The molecule has 12 heteroatoms. The Labute approximate surface area is 188 Å². The molecule has 0 atom stereocenters. The lowest BCUT2D eigenvalue weighted by Crippen LogP contribution is -2.35. The molecule has 0 aliphatic rings. The van der Waals surface area contributed by atoms with Crippen LogP contribution in [0, 0.1) is 0 Å². The summed E-state index contributed by atoms with van der Waals surface area (Å²) in [4.78, 5) is 55.8. The van der Waals surface area contributed by atoms with Gasteiger partial charge in [-0.15, -0.1) is 0 Å². The van der Waals surface area contributed by atoms with Crippen molar-refractivity contribution < 1.29 is 39.6 Å². The average molecular weight is 460 g/mol. The van der Waals surface area contributed by atoms with Gasteiger partial charge in [-0.05, 0) is 30.7 Å². The van der Waals surface area contributed by atoms with E-state index in [1.165, 1.54) is 24.3 Å². The van der Waals surface area contributed by atoms with E-state index in [1.54, 1.807) is 21.9 Å². The minimum Gasteiger partial charge on any atom is -0.480 e. The van der Waals surface area contributed by atoms with E-state index in [2.05, 4.69) is 9.97 Å². The number of carboxylic acids is 4. The molecule has 2 aromatic rings. The number of hydrogen-bond donors (Lipinski definition) is 4. The van der Waals surface area contributed by atoms with E-state index in [4.69, 9.17) is 10.2 Å². The number of aromatic carboxylic acids is 2. The summed E-state index contributed by atoms with van der Waals surface area (Å²) in [5.74, 6) is -4.51. The summed E-state index contributed by atoms with van der Waals surface area (Å²) in [5, 5.41) is 36.5. The van der Waals surface area contributed by atoms with Gasteiger partial charge in [-0.25, -0.2) is 19.6 Å². The zero-order valence-corrected chi connectivity index (χ0v) is 17.6. The molecule has 176 valence electrons. The quantitative estimate of drug-likeness (QED) is 0.311. The van der Waals surface area contributed by atoms with Crippen molar-refractivity contribution >= 4 is 23.9 Å². The van der Waals surface area contributed by atoms with Crippen LogP contribution in [-0.2, 0) is 22.7 Å². The molecule has 0 aliphatic carbocycles. The molecule has 0 bridgehead atoms. The standard InChI is InChI=1S/C21H24N4O8/c26-18(27)12-24(10-14-4-1-6-16(22-14)20(30)31)8-3-9-25(13-19(28)29)11-15-5-2-7-17(23-15)21(32)33/h1-2,4-7H,3,8-13H2,(H,26,27)(H,28,29)(H,30,31)(H,32,33). The highest BCUT2D eigenvalue weighted by molar-refractivity contribution is 5.85. The Hall–Kier alpha value is -3.90. The first-order valence-corrected chi connectivity index (χ1v) is 9.90. The first-order valence-electron chi connectivity index (χ1n) is 9.90. The normalized spacial score (nSPS) is 11.0. The van der Waals surface area contributed by atoms with Crippen molar-refractivity contribution in [2.24, 2.45) is 0 Å². The molecule has 2 rings (SSSR count). The summed E-state index contributed by atoms with van der Waals surface area (Å²) in [6.45, 7) is 0.164. The first kappa shape index (κ1) is 25.4. The molecule has 0 saturated carbocycles. The lowest BCUT2D eigenvalue weighted by atomic mass is 10.2. The fourth-order valence-corrected chi connectivity index (χ4v) is 3.16. The predicted molar refractivity (Wildman–Crippen MR) is 113 cm³/mol. The first-order chi connectivity index (χ1) is 15.6. The lowest BCUT2D eigenvalue weighted by molar-refractivity contribution is -0.139. The number of carboxylic acid groups (broad SMARTS) is 4. The largest absolute Gasteiger partial charge is 0.480 e. The van der Waals surface area contributed by atoms with Gasteiger partial charge in [0.1, 0.15) is 11.4 Å². The highest BCUT2D eigenvalue weighted by atomic mass is 16.4. The van der Waals surface area contributed by atoms with Crippen LogP contribution < -0.4 is 0 Å². The molecule has 0 aliphatic heterocycles. The minimum atomic E-state index is -1.19. The van der Waals surface area contributed by atoms with Gasteiger partial charge in [-0.3, -0.25) is 19.4 Å². The molecule has 0 spiro atoms. The van der Waals surface area contributed by atoms with E-state index >= 15 is 0 Å². The molecule has 2 heterocycles. The van der Waals surface area contributed by atoms with Crippen molar-refractivity contribution in [1.29, 1.82) is 0 Å². The van der Waals surface area contributed by atoms with Crippen LogP contribution in [-0.4, -0.2) is 90.3 Å².